The number of nitrogens with one attached hydrogen (secondary N) is 1. The van der Waals surface area contributed by atoms with Gasteiger partial charge in [-0.2, -0.15) is 0 Å². The number of hydrogen-bond acceptors (Lipinski definition) is 3. The van der Waals surface area contributed by atoms with Crippen LogP contribution in [0.4, 0.5) is 5.69 Å². The van der Waals surface area contributed by atoms with Gasteiger partial charge in [-0.1, -0.05) is 172 Å². The molecule has 1 aromatic heterocycles. The molecule has 1 N–H and O–H groups in total. The summed E-state index contributed by atoms with van der Waals surface area (Å²) >= 11 is 1.83. The second kappa shape index (κ2) is 13.0. The predicted molar refractivity (Wildman–Crippen MR) is 237 cm³/mol. The summed E-state index contributed by atoms with van der Waals surface area (Å²) in [5.74, 6) is 0.692. The second-order valence-electron chi connectivity index (χ2n) is 16.2. The SMILES string of the molecule is CC1(C)C2=C3C=CC=CC3CC(c3ccccc3)=C2c2ccc(-c3ccc(C4C=C(C5=NC(c6ccccc6)Nc6c5sc5ccccc65)C=CC4)cc3)cc21. The lowest BCUT2D eigenvalue weighted by Gasteiger charge is -2.34. The van der Waals surface area contributed by atoms with Gasteiger partial charge in [0.1, 0.15) is 6.17 Å². The fourth-order valence-corrected chi connectivity index (χ4v) is 11.0. The Hall–Kier alpha value is -6.03. The summed E-state index contributed by atoms with van der Waals surface area (Å²) in [7, 11) is 0. The molecule has 270 valence electrons. The van der Waals surface area contributed by atoms with Crippen molar-refractivity contribution < 1.29 is 0 Å². The topological polar surface area (TPSA) is 24.4 Å². The minimum Gasteiger partial charge on any atom is -0.358 e. The number of aliphatic imine (C=N–C) groups is 1. The van der Waals surface area contributed by atoms with Gasteiger partial charge >= 0.3 is 0 Å². The molecule has 0 spiro atoms. The fourth-order valence-electron chi connectivity index (χ4n) is 9.82. The number of allylic oxidation sites excluding steroid dienone is 12. The Morgan fingerprint density at radius 1 is 0.714 bits per heavy atom. The molecule has 0 saturated carbocycles. The Kier molecular flexibility index (Phi) is 7.76. The van der Waals surface area contributed by atoms with Gasteiger partial charge < -0.3 is 5.32 Å². The zero-order chi connectivity index (χ0) is 37.4. The third kappa shape index (κ3) is 5.33. The third-order valence-corrected chi connectivity index (χ3v) is 13.8. The highest BCUT2D eigenvalue weighted by atomic mass is 32.1. The Morgan fingerprint density at radius 2 is 1.48 bits per heavy atom. The van der Waals surface area contributed by atoms with Crippen molar-refractivity contribution in [3.63, 3.8) is 0 Å². The molecule has 1 aliphatic heterocycles. The first-order chi connectivity index (χ1) is 27.5. The second-order valence-corrected chi connectivity index (χ2v) is 17.3. The molecule has 6 aromatic rings. The van der Waals surface area contributed by atoms with E-state index in [-0.39, 0.29) is 17.5 Å². The van der Waals surface area contributed by atoms with Gasteiger partial charge in [0.2, 0.25) is 0 Å². The third-order valence-electron chi connectivity index (χ3n) is 12.6. The van der Waals surface area contributed by atoms with Crippen LogP contribution in [-0.4, -0.2) is 5.71 Å². The largest absolute Gasteiger partial charge is 0.358 e. The van der Waals surface area contributed by atoms with E-state index in [4.69, 9.17) is 4.99 Å². The predicted octanol–water partition coefficient (Wildman–Crippen LogP) is 13.8. The smallest absolute Gasteiger partial charge is 0.145 e. The van der Waals surface area contributed by atoms with E-state index < -0.39 is 0 Å². The van der Waals surface area contributed by atoms with Gasteiger partial charge in [0.15, 0.2) is 0 Å². The van der Waals surface area contributed by atoms with Gasteiger partial charge in [-0.15, -0.1) is 11.3 Å². The number of benzene rings is 5. The molecule has 11 rings (SSSR count). The Bertz CT molecular complexity index is 2780. The minimum absolute atomic E-state index is 0.106. The number of fused-ring (bicyclic) bond motifs is 7. The van der Waals surface area contributed by atoms with Crippen molar-refractivity contribution in [2.24, 2.45) is 10.9 Å². The van der Waals surface area contributed by atoms with Crippen molar-refractivity contribution in [2.75, 3.05) is 5.32 Å². The first-order valence-electron chi connectivity index (χ1n) is 19.9. The summed E-state index contributed by atoms with van der Waals surface area (Å²) in [5, 5.41) is 5.05. The quantitative estimate of drug-likeness (QED) is 0.187. The Balaban J connectivity index is 0.940. The minimum atomic E-state index is -0.137. The molecule has 3 unspecified atom stereocenters. The molecule has 5 aliphatic rings. The zero-order valence-electron chi connectivity index (χ0n) is 31.7. The number of rotatable bonds is 5. The van der Waals surface area contributed by atoms with E-state index in [1.807, 2.05) is 11.3 Å². The molecule has 3 atom stereocenters. The van der Waals surface area contributed by atoms with Crippen LogP contribution >= 0.6 is 11.3 Å². The highest BCUT2D eigenvalue weighted by Crippen LogP contribution is 2.59. The zero-order valence-corrected chi connectivity index (χ0v) is 32.5. The molecular weight excluding hydrogens is 697 g/mol. The average molecular weight is 739 g/mol. The van der Waals surface area contributed by atoms with Crippen molar-refractivity contribution >= 4 is 44.0 Å². The van der Waals surface area contributed by atoms with Crippen molar-refractivity contribution in [1.29, 1.82) is 0 Å². The van der Waals surface area contributed by atoms with E-state index in [2.05, 4.69) is 189 Å². The maximum atomic E-state index is 5.39. The normalized spacial score (nSPS) is 21.6. The molecule has 2 heterocycles. The van der Waals surface area contributed by atoms with E-state index >= 15 is 0 Å². The molecule has 0 amide bonds. The first-order valence-corrected chi connectivity index (χ1v) is 20.8. The summed E-state index contributed by atoms with van der Waals surface area (Å²) in [4.78, 5) is 6.61. The van der Waals surface area contributed by atoms with Crippen LogP contribution in [-0.2, 0) is 5.41 Å². The van der Waals surface area contributed by atoms with Crippen molar-refractivity contribution in [3.8, 4) is 11.1 Å². The molecule has 0 bridgehead atoms. The molecule has 0 saturated heterocycles. The number of nitrogens with zero attached hydrogens (tertiary/aromatic N) is 1. The average Bonchev–Trinajstić information content (AvgIpc) is 3.75. The summed E-state index contributed by atoms with van der Waals surface area (Å²) in [6, 6.07) is 46.9. The molecule has 56 heavy (non-hydrogen) atoms. The number of anilines is 1. The molecule has 5 aromatic carbocycles. The van der Waals surface area contributed by atoms with Crippen LogP contribution in [0.2, 0.25) is 0 Å². The summed E-state index contributed by atoms with van der Waals surface area (Å²) in [5.41, 5.74) is 18.5. The molecule has 2 nitrogen and oxygen atoms in total. The van der Waals surface area contributed by atoms with Gasteiger partial charge in [0, 0.05) is 27.3 Å². The highest BCUT2D eigenvalue weighted by molar-refractivity contribution is 7.22. The lowest BCUT2D eigenvalue weighted by Crippen LogP contribution is -2.22. The molecule has 0 fully saturated rings. The van der Waals surface area contributed by atoms with Crippen molar-refractivity contribution in [2.45, 2.75) is 44.2 Å². The van der Waals surface area contributed by atoms with Crippen LogP contribution in [0.25, 0.3) is 32.4 Å². The van der Waals surface area contributed by atoms with Crippen molar-refractivity contribution in [1.82, 2.24) is 0 Å². The van der Waals surface area contributed by atoms with E-state index in [1.165, 1.54) is 87.5 Å². The van der Waals surface area contributed by atoms with Crippen LogP contribution < -0.4 is 5.32 Å². The standard InChI is InChI=1S/C53H42N2S/c1-53(2)45-32-38(28-29-42(45)47-44(35-14-5-3-6-15-35)31-39-18-9-10-21-41(39)48(47)53)34-26-24-33(25-27-34)37-19-13-20-40(30-37)49-51-50(43-22-11-12-23-46(43)56-51)55-52(54-49)36-16-7-4-8-17-36/h3-18,20-30,32,37,39,52,55H,19,31H2,1-2H3. The van der Waals surface area contributed by atoms with Crippen LogP contribution in [0.5, 0.6) is 0 Å². The monoisotopic (exact) mass is 738 g/mol. The van der Waals surface area contributed by atoms with Gasteiger partial charge in [0.25, 0.3) is 0 Å². The molecule has 0 radical (unpaired) electrons. The summed E-state index contributed by atoms with van der Waals surface area (Å²) < 4.78 is 1.28. The molecule has 3 heteroatoms. The van der Waals surface area contributed by atoms with Gasteiger partial charge in [-0.05, 0) is 91.8 Å². The van der Waals surface area contributed by atoms with Gasteiger partial charge in [-0.25, -0.2) is 0 Å². The number of hydrogen-bond donors (Lipinski definition) is 1. The van der Waals surface area contributed by atoms with E-state index in [0.717, 1.165) is 18.6 Å². The van der Waals surface area contributed by atoms with Gasteiger partial charge in [0.05, 0.1) is 16.3 Å². The highest BCUT2D eigenvalue weighted by Gasteiger charge is 2.44. The lowest BCUT2D eigenvalue weighted by atomic mass is 9.70. The first kappa shape index (κ1) is 33.3. The Morgan fingerprint density at radius 3 is 2.32 bits per heavy atom. The van der Waals surface area contributed by atoms with Crippen LogP contribution in [0, 0.1) is 5.92 Å². The maximum Gasteiger partial charge on any atom is 0.145 e. The summed E-state index contributed by atoms with van der Waals surface area (Å²) in [6.45, 7) is 4.87. The number of thiophene rings is 1. The Labute approximate surface area is 333 Å². The van der Waals surface area contributed by atoms with Crippen LogP contribution in [0.1, 0.15) is 71.5 Å². The van der Waals surface area contributed by atoms with Crippen molar-refractivity contribution in [3.05, 3.63) is 219 Å². The fraction of sp³-hybridized carbons (Fsp3) is 0.151. The molecule has 4 aliphatic carbocycles. The lowest BCUT2D eigenvalue weighted by molar-refractivity contribution is 0.635. The summed E-state index contributed by atoms with van der Waals surface area (Å²) in [6.07, 6.45) is 18.2. The van der Waals surface area contributed by atoms with E-state index in [0.29, 0.717) is 5.92 Å². The van der Waals surface area contributed by atoms with Gasteiger partial charge in [-0.3, -0.25) is 4.99 Å². The van der Waals surface area contributed by atoms with Crippen LogP contribution in [0.15, 0.2) is 192 Å². The van der Waals surface area contributed by atoms with E-state index in [9.17, 15) is 0 Å². The van der Waals surface area contributed by atoms with Crippen LogP contribution in [0.3, 0.4) is 0 Å². The van der Waals surface area contributed by atoms with E-state index in [1.54, 1.807) is 0 Å². The maximum absolute atomic E-state index is 5.39. The molecular formula is C53H42N2S.